The van der Waals surface area contributed by atoms with E-state index in [4.69, 9.17) is 4.42 Å². The minimum absolute atomic E-state index is 0.190. The summed E-state index contributed by atoms with van der Waals surface area (Å²) in [6.07, 6.45) is 1.41. The number of furan rings is 1. The molecule has 3 aromatic rings. The van der Waals surface area contributed by atoms with Crippen LogP contribution in [0.25, 0.3) is 0 Å². The molecule has 25 heavy (non-hydrogen) atoms. The van der Waals surface area contributed by atoms with Gasteiger partial charge in [0.15, 0.2) is 5.76 Å². The van der Waals surface area contributed by atoms with Crippen molar-refractivity contribution in [1.82, 2.24) is 0 Å². The van der Waals surface area contributed by atoms with Crippen LogP contribution in [0, 0.1) is 5.82 Å². The van der Waals surface area contributed by atoms with Crippen molar-refractivity contribution < 1.29 is 18.4 Å². The molecule has 0 aliphatic carbocycles. The maximum absolute atomic E-state index is 13.3. The van der Waals surface area contributed by atoms with E-state index < -0.39 is 11.7 Å². The molecule has 1 aromatic heterocycles. The topological polar surface area (TPSA) is 71.3 Å². The third kappa shape index (κ3) is 4.13. The Balaban J connectivity index is 1.67. The fraction of sp³-hybridized carbons (Fsp3) is 0. The van der Waals surface area contributed by atoms with Gasteiger partial charge in [0.1, 0.15) is 5.82 Å². The molecule has 3 rings (SSSR count). The Hall–Kier alpha value is -2.93. The van der Waals surface area contributed by atoms with Crippen LogP contribution in [0.3, 0.4) is 0 Å². The Bertz CT molecular complexity index is 909. The summed E-state index contributed by atoms with van der Waals surface area (Å²) in [5, 5.41) is 5.34. The number of nitrogens with one attached hydrogen (secondary N) is 2. The first-order valence-electron chi connectivity index (χ1n) is 7.24. The number of halogens is 2. The summed E-state index contributed by atoms with van der Waals surface area (Å²) in [7, 11) is 0. The lowest BCUT2D eigenvalue weighted by atomic mass is 10.2. The minimum Gasteiger partial charge on any atom is -0.459 e. The Morgan fingerprint density at radius 2 is 1.56 bits per heavy atom. The van der Waals surface area contributed by atoms with E-state index in [1.165, 1.54) is 18.4 Å². The standard InChI is InChI=1S/C18H12BrFN2O3/c19-15-8-3-11(20)10-14(15)17(23)21-12-4-6-13(7-5-12)22-18(24)16-2-1-9-25-16/h1-10H,(H,21,23)(H,22,24). The van der Waals surface area contributed by atoms with Crippen LogP contribution in [0.2, 0.25) is 0 Å². The summed E-state index contributed by atoms with van der Waals surface area (Å²) in [6, 6.07) is 13.6. The highest BCUT2D eigenvalue weighted by Gasteiger charge is 2.12. The van der Waals surface area contributed by atoms with Crippen molar-refractivity contribution in [2.24, 2.45) is 0 Å². The van der Waals surface area contributed by atoms with Gasteiger partial charge in [0.2, 0.25) is 0 Å². The van der Waals surface area contributed by atoms with E-state index in [1.807, 2.05) is 0 Å². The molecule has 7 heteroatoms. The molecule has 1 heterocycles. The average molecular weight is 403 g/mol. The van der Waals surface area contributed by atoms with Crippen molar-refractivity contribution in [3.63, 3.8) is 0 Å². The molecule has 0 saturated carbocycles. The molecule has 0 saturated heterocycles. The van der Waals surface area contributed by atoms with Crippen molar-refractivity contribution in [2.45, 2.75) is 0 Å². The van der Waals surface area contributed by atoms with Gasteiger partial charge >= 0.3 is 0 Å². The predicted molar refractivity (Wildman–Crippen MR) is 95.2 cm³/mol. The van der Waals surface area contributed by atoms with E-state index in [1.54, 1.807) is 36.4 Å². The quantitative estimate of drug-likeness (QED) is 0.664. The largest absolute Gasteiger partial charge is 0.459 e. The van der Waals surface area contributed by atoms with Crippen LogP contribution < -0.4 is 10.6 Å². The second-order valence-corrected chi connectivity index (χ2v) is 5.94. The smallest absolute Gasteiger partial charge is 0.291 e. The third-order valence-corrected chi connectivity index (χ3v) is 4.01. The molecule has 0 aliphatic rings. The highest BCUT2D eigenvalue weighted by atomic mass is 79.9. The number of hydrogen-bond donors (Lipinski definition) is 2. The maximum atomic E-state index is 13.3. The SMILES string of the molecule is O=C(Nc1ccc(NC(=O)c2cc(F)ccc2Br)cc1)c1ccco1. The maximum Gasteiger partial charge on any atom is 0.291 e. The van der Waals surface area contributed by atoms with E-state index in [-0.39, 0.29) is 17.2 Å². The normalized spacial score (nSPS) is 10.3. The summed E-state index contributed by atoms with van der Waals surface area (Å²) < 4.78 is 18.8. The van der Waals surface area contributed by atoms with Gasteiger partial charge in [0, 0.05) is 15.8 Å². The first-order chi connectivity index (χ1) is 12.0. The second-order valence-electron chi connectivity index (χ2n) is 5.09. The Kier molecular flexibility index (Phi) is 4.95. The number of benzene rings is 2. The van der Waals surface area contributed by atoms with E-state index >= 15 is 0 Å². The number of carbonyl (C=O) groups excluding carboxylic acids is 2. The van der Waals surface area contributed by atoms with Crippen LogP contribution in [-0.4, -0.2) is 11.8 Å². The molecule has 2 N–H and O–H groups in total. The first-order valence-corrected chi connectivity index (χ1v) is 8.03. The lowest BCUT2D eigenvalue weighted by molar-refractivity contribution is 0.0994. The number of carbonyl (C=O) groups is 2. The second kappa shape index (κ2) is 7.31. The van der Waals surface area contributed by atoms with Crippen LogP contribution in [0.1, 0.15) is 20.9 Å². The van der Waals surface area contributed by atoms with Gasteiger partial charge in [-0.2, -0.15) is 0 Å². The van der Waals surface area contributed by atoms with Crippen LogP contribution in [-0.2, 0) is 0 Å². The number of rotatable bonds is 4. The number of amides is 2. The van der Waals surface area contributed by atoms with E-state index in [0.717, 1.165) is 6.07 Å². The molecule has 0 spiro atoms. The molecule has 126 valence electrons. The van der Waals surface area contributed by atoms with Crippen molar-refractivity contribution in [2.75, 3.05) is 10.6 Å². The summed E-state index contributed by atoms with van der Waals surface area (Å²) in [5.74, 6) is -1.11. The van der Waals surface area contributed by atoms with Gasteiger partial charge in [-0.3, -0.25) is 9.59 Å². The van der Waals surface area contributed by atoms with Crippen molar-refractivity contribution in [1.29, 1.82) is 0 Å². The summed E-state index contributed by atoms with van der Waals surface area (Å²) in [5.41, 5.74) is 1.25. The van der Waals surface area contributed by atoms with Gasteiger partial charge < -0.3 is 15.1 Å². The molecule has 0 fully saturated rings. The molecular formula is C18H12BrFN2O3. The third-order valence-electron chi connectivity index (χ3n) is 3.32. The fourth-order valence-electron chi connectivity index (χ4n) is 2.11. The van der Waals surface area contributed by atoms with Gasteiger partial charge in [-0.1, -0.05) is 0 Å². The molecular weight excluding hydrogens is 391 g/mol. The average Bonchev–Trinajstić information content (AvgIpc) is 3.13. The lowest BCUT2D eigenvalue weighted by Gasteiger charge is -2.08. The Labute approximate surface area is 151 Å². The summed E-state index contributed by atoms with van der Waals surface area (Å²) in [6.45, 7) is 0. The van der Waals surface area contributed by atoms with Crippen LogP contribution in [0.15, 0.2) is 69.8 Å². The van der Waals surface area contributed by atoms with E-state index in [9.17, 15) is 14.0 Å². The molecule has 5 nitrogen and oxygen atoms in total. The fourth-order valence-corrected chi connectivity index (χ4v) is 2.53. The first kappa shape index (κ1) is 16.9. The summed E-state index contributed by atoms with van der Waals surface area (Å²) in [4.78, 5) is 24.1. The van der Waals surface area contributed by atoms with Gasteiger partial charge in [-0.05, 0) is 70.5 Å². The highest BCUT2D eigenvalue weighted by Crippen LogP contribution is 2.20. The molecule has 2 aromatic carbocycles. The molecule has 0 aliphatic heterocycles. The van der Waals surface area contributed by atoms with Gasteiger partial charge in [0.25, 0.3) is 11.8 Å². The number of anilines is 2. The van der Waals surface area contributed by atoms with Crippen molar-refractivity contribution in [3.05, 3.63) is 82.5 Å². The van der Waals surface area contributed by atoms with Gasteiger partial charge in [-0.25, -0.2) is 4.39 Å². The van der Waals surface area contributed by atoms with Gasteiger partial charge in [-0.15, -0.1) is 0 Å². The predicted octanol–water partition coefficient (Wildman–Crippen LogP) is 4.69. The van der Waals surface area contributed by atoms with E-state index in [2.05, 4.69) is 26.6 Å². The highest BCUT2D eigenvalue weighted by molar-refractivity contribution is 9.10. The monoisotopic (exact) mass is 402 g/mol. The summed E-state index contributed by atoms with van der Waals surface area (Å²) >= 11 is 3.22. The zero-order valence-electron chi connectivity index (χ0n) is 12.8. The van der Waals surface area contributed by atoms with E-state index in [0.29, 0.717) is 15.8 Å². The Morgan fingerprint density at radius 3 is 2.16 bits per heavy atom. The molecule has 2 amide bonds. The van der Waals surface area contributed by atoms with Crippen LogP contribution in [0.5, 0.6) is 0 Å². The zero-order chi connectivity index (χ0) is 17.8. The number of hydrogen-bond acceptors (Lipinski definition) is 3. The van der Waals surface area contributed by atoms with Gasteiger partial charge in [0.05, 0.1) is 11.8 Å². The zero-order valence-corrected chi connectivity index (χ0v) is 14.3. The lowest BCUT2D eigenvalue weighted by Crippen LogP contribution is -2.13. The molecule has 0 unspecified atom stereocenters. The van der Waals surface area contributed by atoms with Crippen molar-refractivity contribution >= 4 is 39.1 Å². The van der Waals surface area contributed by atoms with Crippen molar-refractivity contribution in [3.8, 4) is 0 Å². The Morgan fingerprint density at radius 1 is 0.920 bits per heavy atom. The van der Waals surface area contributed by atoms with Crippen LogP contribution >= 0.6 is 15.9 Å². The minimum atomic E-state index is -0.496. The molecule has 0 radical (unpaired) electrons. The molecule has 0 atom stereocenters. The van der Waals surface area contributed by atoms with Crippen LogP contribution in [0.4, 0.5) is 15.8 Å². The molecule has 0 bridgehead atoms.